The van der Waals surface area contributed by atoms with Gasteiger partial charge in [-0.2, -0.15) is 0 Å². The molecule has 0 aliphatic carbocycles. The van der Waals surface area contributed by atoms with Gasteiger partial charge in [-0.15, -0.1) is 6.42 Å². The summed E-state index contributed by atoms with van der Waals surface area (Å²) in [5.74, 6) is 2.54. The van der Waals surface area contributed by atoms with Crippen molar-refractivity contribution in [2.24, 2.45) is 7.05 Å². The standard InChI is InChI=1S/C12H9NO/c1-3-11-10(8-14)9-6-4-5-7-12(9)13(11)2/h1,4-8H,2H3. The van der Waals surface area contributed by atoms with Crippen LogP contribution in [-0.2, 0) is 7.05 Å². The molecule has 2 rings (SSSR count). The number of aromatic nitrogens is 1. The van der Waals surface area contributed by atoms with Gasteiger partial charge in [0.05, 0.1) is 5.56 Å². The van der Waals surface area contributed by atoms with Crippen molar-refractivity contribution in [3.05, 3.63) is 35.5 Å². The molecule has 0 amide bonds. The zero-order valence-corrected chi connectivity index (χ0v) is 7.82. The van der Waals surface area contributed by atoms with Gasteiger partial charge < -0.3 is 4.57 Å². The van der Waals surface area contributed by atoms with E-state index in [0.29, 0.717) is 11.3 Å². The van der Waals surface area contributed by atoms with Gasteiger partial charge in [-0.3, -0.25) is 4.79 Å². The summed E-state index contributed by atoms with van der Waals surface area (Å²) in [7, 11) is 1.87. The molecule has 0 aliphatic heterocycles. The molecule has 14 heavy (non-hydrogen) atoms. The van der Waals surface area contributed by atoms with Gasteiger partial charge in [0.1, 0.15) is 5.69 Å². The first kappa shape index (κ1) is 8.58. The maximum atomic E-state index is 10.9. The van der Waals surface area contributed by atoms with Gasteiger partial charge in [0.25, 0.3) is 0 Å². The zero-order chi connectivity index (χ0) is 10.1. The van der Waals surface area contributed by atoms with Crippen molar-refractivity contribution in [1.29, 1.82) is 0 Å². The van der Waals surface area contributed by atoms with E-state index in [9.17, 15) is 4.79 Å². The van der Waals surface area contributed by atoms with E-state index < -0.39 is 0 Å². The number of rotatable bonds is 1. The number of fused-ring (bicyclic) bond motifs is 1. The Balaban J connectivity index is 3.00. The van der Waals surface area contributed by atoms with Crippen LogP contribution in [0.5, 0.6) is 0 Å². The van der Waals surface area contributed by atoms with Gasteiger partial charge in [-0.1, -0.05) is 24.1 Å². The monoisotopic (exact) mass is 183 g/mol. The Bertz CT molecular complexity index is 543. The minimum Gasteiger partial charge on any atom is -0.337 e. The van der Waals surface area contributed by atoms with Crippen LogP contribution in [0.25, 0.3) is 10.9 Å². The van der Waals surface area contributed by atoms with E-state index in [0.717, 1.165) is 17.2 Å². The fraction of sp³-hybridized carbons (Fsp3) is 0.0833. The Morgan fingerprint density at radius 1 is 1.43 bits per heavy atom. The summed E-state index contributed by atoms with van der Waals surface area (Å²) < 4.78 is 1.86. The molecule has 1 heterocycles. The molecule has 0 fully saturated rings. The molecular formula is C12H9NO. The normalized spacial score (nSPS) is 10.0. The van der Waals surface area contributed by atoms with E-state index in [1.165, 1.54) is 0 Å². The number of para-hydroxylation sites is 1. The third kappa shape index (κ3) is 0.961. The van der Waals surface area contributed by atoms with Crippen LogP contribution in [0.1, 0.15) is 16.1 Å². The number of terminal acetylenes is 1. The number of benzene rings is 1. The van der Waals surface area contributed by atoms with E-state index in [-0.39, 0.29) is 0 Å². The summed E-state index contributed by atoms with van der Waals surface area (Å²) in [6.45, 7) is 0. The molecule has 2 nitrogen and oxygen atoms in total. The molecule has 2 heteroatoms. The van der Waals surface area contributed by atoms with E-state index in [1.807, 2.05) is 35.9 Å². The number of hydrogen-bond acceptors (Lipinski definition) is 1. The zero-order valence-electron chi connectivity index (χ0n) is 7.82. The van der Waals surface area contributed by atoms with Crippen LogP contribution < -0.4 is 0 Å². The molecule has 0 saturated heterocycles. The van der Waals surface area contributed by atoms with Crippen molar-refractivity contribution in [3.63, 3.8) is 0 Å². The average Bonchev–Trinajstić information content (AvgIpc) is 2.51. The van der Waals surface area contributed by atoms with Gasteiger partial charge in [0.2, 0.25) is 0 Å². The Kier molecular flexibility index (Phi) is 1.86. The highest BCUT2D eigenvalue weighted by Crippen LogP contribution is 2.22. The van der Waals surface area contributed by atoms with Gasteiger partial charge in [-0.05, 0) is 6.07 Å². The molecule has 2 aromatic rings. The Morgan fingerprint density at radius 2 is 2.14 bits per heavy atom. The van der Waals surface area contributed by atoms with Crippen LogP contribution in [0.4, 0.5) is 0 Å². The minimum atomic E-state index is 0.602. The molecule has 1 aromatic heterocycles. The summed E-state index contributed by atoms with van der Waals surface area (Å²) in [6, 6.07) is 7.68. The van der Waals surface area contributed by atoms with Gasteiger partial charge >= 0.3 is 0 Å². The van der Waals surface area contributed by atoms with E-state index >= 15 is 0 Å². The first-order chi connectivity index (χ1) is 6.79. The lowest BCUT2D eigenvalue weighted by Crippen LogP contribution is -1.92. The number of hydrogen-bond donors (Lipinski definition) is 0. The number of nitrogens with zero attached hydrogens (tertiary/aromatic N) is 1. The predicted octanol–water partition coefficient (Wildman–Crippen LogP) is 1.97. The fourth-order valence-electron chi connectivity index (χ4n) is 1.72. The molecule has 0 unspecified atom stereocenters. The Morgan fingerprint density at radius 3 is 2.79 bits per heavy atom. The van der Waals surface area contributed by atoms with E-state index in [2.05, 4.69) is 5.92 Å². The lowest BCUT2D eigenvalue weighted by atomic mass is 10.1. The van der Waals surface area contributed by atoms with Crippen molar-refractivity contribution in [2.45, 2.75) is 0 Å². The largest absolute Gasteiger partial charge is 0.337 e. The van der Waals surface area contributed by atoms with Crippen LogP contribution >= 0.6 is 0 Å². The van der Waals surface area contributed by atoms with Crippen LogP contribution in [0.3, 0.4) is 0 Å². The second kappa shape index (κ2) is 3.04. The van der Waals surface area contributed by atoms with Gasteiger partial charge in [-0.25, -0.2) is 0 Å². The molecule has 0 spiro atoms. The number of carbonyl (C=O) groups excluding carboxylic acids is 1. The maximum absolute atomic E-state index is 10.9. The second-order valence-corrected chi connectivity index (χ2v) is 3.10. The molecule has 0 N–H and O–H groups in total. The molecular weight excluding hydrogens is 174 g/mol. The quantitative estimate of drug-likeness (QED) is 0.489. The molecule has 0 saturated carbocycles. The van der Waals surface area contributed by atoms with Crippen molar-refractivity contribution in [2.75, 3.05) is 0 Å². The smallest absolute Gasteiger partial charge is 0.153 e. The topological polar surface area (TPSA) is 22.0 Å². The summed E-state index contributed by atoms with van der Waals surface area (Å²) in [5, 5.41) is 0.915. The summed E-state index contributed by atoms with van der Waals surface area (Å²) in [4.78, 5) is 10.9. The molecule has 0 aliphatic rings. The molecule has 0 bridgehead atoms. The lowest BCUT2D eigenvalue weighted by molar-refractivity contribution is 0.112. The van der Waals surface area contributed by atoms with Crippen LogP contribution in [-0.4, -0.2) is 10.9 Å². The van der Waals surface area contributed by atoms with Crippen LogP contribution in [0.15, 0.2) is 24.3 Å². The highest BCUT2D eigenvalue weighted by Gasteiger charge is 2.11. The van der Waals surface area contributed by atoms with Crippen molar-refractivity contribution in [3.8, 4) is 12.3 Å². The number of aryl methyl sites for hydroxylation is 1. The van der Waals surface area contributed by atoms with Crippen molar-refractivity contribution >= 4 is 17.2 Å². The molecule has 0 radical (unpaired) electrons. The highest BCUT2D eigenvalue weighted by atomic mass is 16.1. The highest BCUT2D eigenvalue weighted by molar-refractivity contribution is 6.00. The van der Waals surface area contributed by atoms with E-state index in [4.69, 9.17) is 6.42 Å². The third-order valence-electron chi connectivity index (χ3n) is 2.40. The summed E-state index contributed by atoms with van der Waals surface area (Å²) in [6.07, 6.45) is 6.18. The molecule has 1 aromatic carbocycles. The maximum Gasteiger partial charge on any atom is 0.153 e. The third-order valence-corrected chi connectivity index (χ3v) is 2.40. The Labute approximate surface area is 82.2 Å². The van der Waals surface area contributed by atoms with E-state index in [1.54, 1.807) is 0 Å². The minimum absolute atomic E-state index is 0.602. The Hall–Kier alpha value is -2.01. The van der Waals surface area contributed by atoms with Crippen molar-refractivity contribution < 1.29 is 4.79 Å². The molecule has 0 atom stereocenters. The van der Waals surface area contributed by atoms with Gasteiger partial charge in [0.15, 0.2) is 6.29 Å². The number of carbonyl (C=O) groups is 1. The summed E-state index contributed by atoms with van der Waals surface area (Å²) >= 11 is 0. The SMILES string of the molecule is C#Cc1c(C=O)c2ccccc2n1C. The number of aldehydes is 1. The van der Waals surface area contributed by atoms with Crippen LogP contribution in [0.2, 0.25) is 0 Å². The average molecular weight is 183 g/mol. The molecule has 68 valence electrons. The first-order valence-corrected chi connectivity index (χ1v) is 4.28. The first-order valence-electron chi connectivity index (χ1n) is 4.28. The predicted molar refractivity (Wildman–Crippen MR) is 56.2 cm³/mol. The lowest BCUT2D eigenvalue weighted by Gasteiger charge is -1.95. The summed E-state index contributed by atoms with van der Waals surface area (Å²) in [5.41, 5.74) is 2.23. The van der Waals surface area contributed by atoms with Gasteiger partial charge in [0, 0.05) is 18.0 Å². The van der Waals surface area contributed by atoms with Crippen molar-refractivity contribution in [1.82, 2.24) is 4.57 Å². The second-order valence-electron chi connectivity index (χ2n) is 3.10. The van der Waals surface area contributed by atoms with Crippen LogP contribution in [0, 0.1) is 12.3 Å². The fourth-order valence-corrected chi connectivity index (χ4v) is 1.72.